The second kappa shape index (κ2) is 45.8. The van der Waals surface area contributed by atoms with Crippen molar-refractivity contribution in [3.8, 4) is 16.9 Å². The van der Waals surface area contributed by atoms with Crippen LogP contribution >= 0.6 is 11.6 Å². The molecular weight excluding hydrogens is 1570 g/mol. The quantitative estimate of drug-likeness (QED) is 0.0495. The highest BCUT2D eigenvalue weighted by Gasteiger charge is 2.46. The van der Waals surface area contributed by atoms with Crippen LogP contribution in [-0.4, -0.2) is 291 Å². The Labute approximate surface area is 712 Å². The van der Waals surface area contributed by atoms with Gasteiger partial charge in [-0.1, -0.05) is 129 Å². The minimum absolute atomic E-state index is 0. The Balaban J connectivity index is 0.0000303. The smallest absolute Gasteiger partial charge is 0.246 e. The van der Waals surface area contributed by atoms with Gasteiger partial charge in [0.1, 0.15) is 89.1 Å². The van der Waals surface area contributed by atoms with E-state index < -0.39 is 190 Å². The molecule has 2 aromatic carbocycles. The van der Waals surface area contributed by atoms with Crippen LogP contribution in [0.3, 0.4) is 0 Å². The van der Waals surface area contributed by atoms with E-state index in [1.54, 1.807) is 46.4 Å². The fraction of sp³-hybridized carbons (Fsp3) is 0.663. The maximum Gasteiger partial charge on any atom is 0.246 e. The first-order valence-electron chi connectivity index (χ1n) is 41.4. The van der Waals surface area contributed by atoms with Crippen molar-refractivity contribution in [1.29, 1.82) is 0 Å². The summed E-state index contributed by atoms with van der Waals surface area (Å²) in [6, 6.07) is -8.50. The second-order valence-electron chi connectivity index (χ2n) is 34.3. The van der Waals surface area contributed by atoms with Gasteiger partial charge in [0.2, 0.25) is 76.8 Å². The summed E-state index contributed by atoms with van der Waals surface area (Å²) in [5.74, 6) is -14.3. The molecule has 670 valence electrons. The monoisotopic (exact) mass is 1700 g/mol. The first-order valence-corrected chi connectivity index (χ1v) is 41.8. The van der Waals surface area contributed by atoms with Crippen molar-refractivity contribution >= 4 is 105 Å². The third kappa shape index (κ3) is 26.2. The number of anilines is 1. The van der Waals surface area contributed by atoms with Crippen LogP contribution in [0.1, 0.15) is 175 Å². The number of aliphatic hydroxyl groups is 1. The van der Waals surface area contributed by atoms with Gasteiger partial charge in [0.15, 0.2) is 5.82 Å². The van der Waals surface area contributed by atoms with Gasteiger partial charge in [0, 0.05) is 106 Å². The average molecular weight is 1710 g/mol. The fourth-order valence-corrected chi connectivity index (χ4v) is 15.4. The molecule has 5 rings (SSSR count). The van der Waals surface area contributed by atoms with E-state index in [-0.39, 0.29) is 155 Å². The number of fused-ring (bicyclic) bond motifs is 1. The average Bonchev–Trinajstić information content (AvgIpc) is 0.747. The lowest BCUT2D eigenvalue weighted by Gasteiger charge is -2.41. The van der Waals surface area contributed by atoms with E-state index >= 15 is 28.0 Å². The van der Waals surface area contributed by atoms with Crippen molar-refractivity contribution in [1.82, 2.24) is 75.8 Å². The molecule has 0 unspecified atom stereocenters. The molecule has 34 heteroatoms. The molecule has 3 heterocycles. The third-order valence-electron chi connectivity index (χ3n) is 22.3. The number of piperazine rings is 1. The van der Waals surface area contributed by atoms with Crippen LogP contribution in [0.15, 0.2) is 36.9 Å². The molecule has 0 aliphatic carbocycles. The molecule has 0 saturated carbocycles. The highest BCUT2D eigenvalue weighted by atomic mass is 35.5. The number of hydrogen-bond acceptors (Lipinski definition) is 18. The Morgan fingerprint density at radius 3 is 1.64 bits per heavy atom. The number of carbonyl (C=O) groups excluding carboxylic acids is 13. The van der Waals surface area contributed by atoms with Crippen molar-refractivity contribution < 1.29 is 81.3 Å². The van der Waals surface area contributed by atoms with Gasteiger partial charge in [0.05, 0.1) is 23.2 Å². The number of halogens is 3. The van der Waals surface area contributed by atoms with E-state index in [9.17, 15) is 53.4 Å². The van der Waals surface area contributed by atoms with Crippen molar-refractivity contribution in [3.05, 3.63) is 59.4 Å². The SMILES string of the molecule is C.C=CC(=O)N1CCN(c2nc(CCCC(=O)NCC[C@@H](C)[C@@H](O)[C@H]3C(=O)N[C@@H](CC)C(=O)N(C)CC(=O)N(C)[C@@H](CC(C)C)C(=O)N[C@@H](C(C)C)C(=O)N(C)[C@@H](CC(C)C)C(=O)N[C@@H](C)C(=O)N[C@H](C)C(=O)N(C)[C@@H](CC(C)C)C(=O)N(C)[C@@H](CC(C)C)C(=O)N(C)[C@@H](C(C)C)C(=O)N3C)nc3c(F)c(-c4c(O)cccc4F)c(Cl)cc23)CC1. The molecule has 1 aromatic heterocycles. The Morgan fingerprint density at radius 2 is 1.12 bits per heavy atom. The van der Waals surface area contributed by atoms with Crippen molar-refractivity contribution in [2.24, 2.45) is 41.4 Å². The first-order chi connectivity index (χ1) is 55.5. The zero-order valence-electron chi connectivity index (χ0n) is 73.8. The number of likely N-dealkylation sites (N-methyl/N-ethyl adjacent to an activating group) is 7. The molecule has 0 spiro atoms. The Bertz CT molecular complexity index is 4120. The third-order valence-corrected chi connectivity index (χ3v) is 22.6. The minimum atomic E-state index is -1.85. The maximum atomic E-state index is 17.0. The zero-order valence-corrected chi connectivity index (χ0v) is 74.6. The van der Waals surface area contributed by atoms with Gasteiger partial charge in [-0.3, -0.25) is 62.3 Å². The molecule has 0 radical (unpaired) electrons. The number of rotatable bonds is 23. The summed E-state index contributed by atoms with van der Waals surface area (Å²) in [4.78, 5) is 211. The van der Waals surface area contributed by atoms with Crippen molar-refractivity contribution in [2.45, 2.75) is 243 Å². The molecule has 0 bridgehead atoms. The topological polar surface area (TPSA) is 377 Å². The highest BCUT2D eigenvalue weighted by Crippen LogP contribution is 2.43. The lowest BCUT2D eigenvalue weighted by molar-refractivity contribution is -0.157. The number of phenolic OH excluding ortho intramolecular Hbond substituents is 1. The van der Waals surface area contributed by atoms with Crippen LogP contribution in [0.5, 0.6) is 5.75 Å². The predicted molar refractivity (Wildman–Crippen MR) is 457 cm³/mol. The molecule has 2 aliphatic heterocycles. The summed E-state index contributed by atoms with van der Waals surface area (Å²) >= 11 is 6.69. The first kappa shape index (κ1) is 103. The zero-order chi connectivity index (χ0) is 90.0. The van der Waals surface area contributed by atoms with Gasteiger partial charge >= 0.3 is 0 Å². The summed E-state index contributed by atoms with van der Waals surface area (Å²) in [7, 11) is 9.57. The summed E-state index contributed by atoms with van der Waals surface area (Å²) in [5, 5.41) is 37.2. The number of aromatic nitrogens is 2. The lowest BCUT2D eigenvalue weighted by Crippen LogP contribution is -2.63. The molecule has 7 N–H and O–H groups in total. The highest BCUT2D eigenvalue weighted by molar-refractivity contribution is 6.34. The van der Waals surface area contributed by atoms with E-state index in [1.807, 2.05) is 60.3 Å². The Hall–Kier alpha value is -9.66. The number of aryl methyl sites for hydroxylation is 1. The number of amides is 13. The molecule has 12 atom stereocenters. The predicted octanol–water partition coefficient (Wildman–Crippen LogP) is 6.55. The fourth-order valence-electron chi connectivity index (χ4n) is 15.1. The largest absolute Gasteiger partial charge is 0.507 e. The molecule has 2 aliphatic rings. The number of phenols is 1. The number of carbonyl (C=O) groups is 13. The van der Waals surface area contributed by atoms with Gasteiger partial charge in [-0.2, -0.15) is 0 Å². The van der Waals surface area contributed by atoms with E-state index in [0.717, 1.165) is 20.8 Å². The number of nitrogens with one attached hydrogen (secondary N) is 5. The number of aliphatic hydroxyl groups excluding tert-OH is 1. The summed E-state index contributed by atoms with van der Waals surface area (Å²) in [6.07, 6.45) is -0.351. The summed E-state index contributed by atoms with van der Waals surface area (Å²) in [6.45, 7) is 31.3. The molecule has 3 aromatic rings. The number of hydrogen-bond donors (Lipinski definition) is 7. The molecule has 120 heavy (non-hydrogen) atoms. The molecule has 2 fully saturated rings. The molecule has 31 nitrogen and oxygen atoms in total. The van der Waals surface area contributed by atoms with Crippen LogP contribution in [0, 0.1) is 53.1 Å². The van der Waals surface area contributed by atoms with Crippen LogP contribution in [0.2, 0.25) is 5.02 Å². The van der Waals surface area contributed by atoms with E-state index in [0.29, 0.717) is 0 Å². The number of aromatic hydroxyl groups is 1. The van der Waals surface area contributed by atoms with E-state index in [1.165, 1.54) is 107 Å². The van der Waals surface area contributed by atoms with Gasteiger partial charge in [0.25, 0.3) is 0 Å². The Kier molecular flexibility index (Phi) is 39.2. The summed E-state index contributed by atoms with van der Waals surface area (Å²) in [5.41, 5.74) is -1.16. The molecular formula is C86H135ClF2N16O15. The molecule has 2 saturated heterocycles. The van der Waals surface area contributed by atoms with Crippen molar-refractivity contribution in [3.63, 3.8) is 0 Å². The van der Waals surface area contributed by atoms with Gasteiger partial charge in [-0.25, -0.2) is 18.7 Å². The Morgan fingerprint density at radius 1 is 0.608 bits per heavy atom. The number of benzene rings is 2. The van der Waals surface area contributed by atoms with E-state index in [2.05, 4.69) is 38.1 Å². The van der Waals surface area contributed by atoms with Gasteiger partial charge in [-0.05, 0) is 124 Å². The standard InChI is InChI=1S/C85H131ClF2N16O15.CH4/c1-25-57-81(115)96(18)44-66(108)97(19)58(39-45(3)4)78(112)95-70(49(11)12)84(118)98(20)59(40-46(5)6)77(111)90-52(16)76(110)91-53(17)80(114)99(21)60(41-47(7)8)82(116)100(22)61(42-48(9)10)83(117)101(23)72(50(13)14)85(119)102(24)73(79(113)92-57)74(109)51(15)33-34-89-64(106)32-28-31-63-93-71-54(75(94-63)104-37-35-103(36-38-104)65(107)26-2)43-55(86)67(69(71)88)68-56(87)29-27-30-62(68)105;/h26-27,29-30,43,45-53,57-61,70,72-74,105,109H,2,25,28,31-42,44H2,1,3-24H3,(H,89,106)(H,90,111)(H,91,110)(H,92,113)(H,95,112);1H4/t51-,52+,53-,57+,58+,59+,60+,61+,70+,72+,73+,74-;/m1./s1. The van der Waals surface area contributed by atoms with Crippen LogP contribution in [0.4, 0.5) is 14.6 Å². The van der Waals surface area contributed by atoms with Gasteiger partial charge < -0.3 is 80.9 Å². The van der Waals surface area contributed by atoms with Crippen molar-refractivity contribution in [2.75, 3.05) is 93.5 Å². The maximum absolute atomic E-state index is 17.0. The van der Waals surface area contributed by atoms with Crippen LogP contribution in [0.25, 0.3) is 22.0 Å². The lowest BCUT2D eigenvalue weighted by atomic mass is 9.91. The molecule has 13 amide bonds. The van der Waals surface area contributed by atoms with Crippen LogP contribution < -0.4 is 31.5 Å². The van der Waals surface area contributed by atoms with E-state index in [4.69, 9.17) is 16.6 Å². The van der Waals surface area contributed by atoms with Crippen LogP contribution in [-0.2, 0) is 68.7 Å². The number of nitrogens with zero attached hydrogens (tertiary/aromatic N) is 11. The second-order valence-corrected chi connectivity index (χ2v) is 34.7. The normalized spacial score (nSPS) is 23.0. The minimum Gasteiger partial charge on any atom is -0.507 e. The van der Waals surface area contributed by atoms with Gasteiger partial charge in [-0.15, -0.1) is 0 Å². The summed E-state index contributed by atoms with van der Waals surface area (Å²) < 4.78 is 32.4.